The second-order valence-corrected chi connectivity index (χ2v) is 6.33. The van der Waals surface area contributed by atoms with Gasteiger partial charge in [-0.25, -0.2) is 9.98 Å². The minimum Gasteiger partial charge on any atom is -0.370 e. The smallest absolute Gasteiger partial charge is 0.212 e. The molecule has 0 unspecified atom stereocenters. The van der Waals surface area contributed by atoms with Crippen molar-refractivity contribution >= 4 is 50.2 Å². The lowest BCUT2D eigenvalue weighted by Gasteiger charge is -2.22. The van der Waals surface area contributed by atoms with E-state index in [-0.39, 0.29) is 6.17 Å². The van der Waals surface area contributed by atoms with Crippen LogP contribution in [-0.2, 0) is 0 Å². The van der Waals surface area contributed by atoms with Gasteiger partial charge in [-0.15, -0.1) is 11.3 Å². The summed E-state index contributed by atoms with van der Waals surface area (Å²) in [5.41, 5.74) is 7.86. The number of nitrogens with two attached hydrogens (primary N) is 1. The summed E-state index contributed by atoms with van der Waals surface area (Å²) in [6.07, 6.45) is -0.171. The van der Waals surface area contributed by atoms with Gasteiger partial charge in [0.2, 0.25) is 5.95 Å². The van der Waals surface area contributed by atoms with Crippen molar-refractivity contribution in [3.63, 3.8) is 0 Å². The number of hydrogen-bond donors (Lipinski definition) is 2. The summed E-state index contributed by atoms with van der Waals surface area (Å²) in [7, 11) is 0. The molecular weight excluding hydrogens is 338 g/mol. The first-order valence-corrected chi connectivity index (χ1v) is 7.71. The minimum atomic E-state index is -0.171. The zero-order valence-electron chi connectivity index (χ0n) is 10.2. The molecule has 1 aromatic carbocycles. The number of benzene rings is 1. The van der Waals surface area contributed by atoms with Crippen molar-refractivity contribution in [2.24, 2.45) is 10.7 Å². The van der Waals surface area contributed by atoms with Crippen LogP contribution in [0.2, 0.25) is 0 Å². The third-order valence-corrected chi connectivity index (χ3v) is 4.92. The van der Waals surface area contributed by atoms with Crippen LogP contribution in [0, 0.1) is 0 Å². The minimum absolute atomic E-state index is 0.171. The van der Waals surface area contributed by atoms with E-state index in [1.165, 1.54) is 0 Å². The summed E-state index contributed by atoms with van der Waals surface area (Å²) >= 11 is 5.13. The van der Waals surface area contributed by atoms with Crippen molar-refractivity contribution in [3.8, 4) is 0 Å². The number of anilines is 1. The predicted molar refractivity (Wildman–Crippen MR) is 85.1 cm³/mol. The maximum absolute atomic E-state index is 5.88. The van der Waals surface area contributed by atoms with Crippen molar-refractivity contribution in [2.45, 2.75) is 6.17 Å². The fraction of sp³-hybridized carbons (Fsp3) is 0.0769. The van der Waals surface area contributed by atoms with Gasteiger partial charge in [0.1, 0.15) is 0 Å². The molecular formula is C13H10BrN5S. The number of fused-ring (bicyclic) bond motifs is 3. The Kier molecular flexibility index (Phi) is 2.58. The van der Waals surface area contributed by atoms with Crippen LogP contribution in [0.5, 0.6) is 0 Å². The number of para-hydroxylation sites is 2. The molecule has 0 fully saturated rings. The van der Waals surface area contributed by atoms with Crippen LogP contribution >= 0.6 is 27.3 Å². The molecule has 3 aromatic rings. The molecule has 2 aromatic heterocycles. The Balaban J connectivity index is 1.98. The lowest BCUT2D eigenvalue weighted by molar-refractivity contribution is 0.637. The summed E-state index contributed by atoms with van der Waals surface area (Å²) < 4.78 is 3.13. The number of rotatable bonds is 1. The number of aliphatic imine (C=N–C) groups is 1. The molecule has 0 saturated carbocycles. The van der Waals surface area contributed by atoms with Gasteiger partial charge in [0.05, 0.1) is 15.9 Å². The highest BCUT2D eigenvalue weighted by molar-refractivity contribution is 9.10. The van der Waals surface area contributed by atoms with Gasteiger partial charge in [0.15, 0.2) is 12.1 Å². The molecule has 4 rings (SSSR count). The zero-order chi connectivity index (χ0) is 13.7. The van der Waals surface area contributed by atoms with Crippen LogP contribution in [0.3, 0.4) is 0 Å². The summed E-state index contributed by atoms with van der Waals surface area (Å²) in [6, 6.07) is 10.1. The van der Waals surface area contributed by atoms with Gasteiger partial charge in [-0.05, 0) is 34.1 Å². The standard InChI is InChI=1S/C13H10BrN5S/c14-7-5-10(20-6-7)11-17-12(15)18-13-16-8-3-1-2-4-9(8)19(11)13/h1-6,11H,(H3,15,16,17,18)/t11-/m0/s1. The Morgan fingerprint density at radius 3 is 3.00 bits per heavy atom. The van der Waals surface area contributed by atoms with Crippen LogP contribution in [0.4, 0.5) is 5.95 Å². The van der Waals surface area contributed by atoms with E-state index in [0.717, 1.165) is 26.3 Å². The highest BCUT2D eigenvalue weighted by Crippen LogP contribution is 2.35. The third-order valence-electron chi connectivity index (χ3n) is 3.18. The molecule has 0 saturated heterocycles. The molecule has 100 valence electrons. The lowest BCUT2D eigenvalue weighted by atomic mass is 10.3. The molecule has 1 atom stereocenters. The molecule has 0 aliphatic carbocycles. The average molecular weight is 348 g/mol. The molecule has 0 bridgehead atoms. The Morgan fingerprint density at radius 2 is 2.20 bits per heavy atom. The van der Waals surface area contributed by atoms with Crippen LogP contribution in [0.1, 0.15) is 11.0 Å². The molecule has 5 nitrogen and oxygen atoms in total. The topological polar surface area (TPSA) is 68.2 Å². The summed E-state index contributed by atoms with van der Waals surface area (Å²) in [4.78, 5) is 10.2. The van der Waals surface area contributed by atoms with E-state index in [1.54, 1.807) is 11.3 Å². The summed E-state index contributed by atoms with van der Waals surface area (Å²) in [5, 5.41) is 5.07. The highest BCUT2D eigenvalue weighted by atomic mass is 79.9. The van der Waals surface area contributed by atoms with E-state index < -0.39 is 0 Å². The largest absolute Gasteiger partial charge is 0.370 e. The zero-order valence-corrected chi connectivity index (χ0v) is 12.6. The van der Waals surface area contributed by atoms with E-state index >= 15 is 0 Å². The third kappa shape index (κ3) is 1.74. The fourth-order valence-corrected chi connectivity index (χ4v) is 3.84. The first-order valence-electron chi connectivity index (χ1n) is 6.03. The van der Waals surface area contributed by atoms with Crippen molar-refractivity contribution in [1.82, 2.24) is 9.55 Å². The molecule has 3 heterocycles. The number of hydrogen-bond acceptors (Lipinski definition) is 5. The fourth-order valence-electron chi connectivity index (χ4n) is 2.37. The van der Waals surface area contributed by atoms with Gasteiger partial charge in [0, 0.05) is 9.85 Å². The SMILES string of the molecule is NC1=N[C@H](c2cc(Br)cs2)n2c(nc3ccccc32)N1. The van der Waals surface area contributed by atoms with E-state index in [4.69, 9.17) is 5.73 Å². The number of imidazole rings is 1. The van der Waals surface area contributed by atoms with E-state index in [9.17, 15) is 0 Å². The number of halogens is 1. The van der Waals surface area contributed by atoms with Crippen LogP contribution in [-0.4, -0.2) is 15.5 Å². The second kappa shape index (κ2) is 4.32. The maximum Gasteiger partial charge on any atom is 0.212 e. The quantitative estimate of drug-likeness (QED) is 0.710. The summed E-state index contributed by atoms with van der Waals surface area (Å²) in [6.45, 7) is 0. The van der Waals surface area contributed by atoms with E-state index in [1.807, 2.05) is 29.6 Å². The second-order valence-electron chi connectivity index (χ2n) is 4.47. The van der Waals surface area contributed by atoms with Crippen molar-refractivity contribution < 1.29 is 0 Å². The van der Waals surface area contributed by atoms with Gasteiger partial charge in [-0.1, -0.05) is 12.1 Å². The first-order chi connectivity index (χ1) is 9.72. The summed E-state index contributed by atoms with van der Waals surface area (Å²) in [5.74, 6) is 1.12. The van der Waals surface area contributed by atoms with Crippen LogP contribution in [0.15, 0.2) is 45.2 Å². The van der Waals surface area contributed by atoms with Crippen molar-refractivity contribution in [2.75, 3.05) is 5.32 Å². The van der Waals surface area contributed by atoms with Gasteiger partial charge in [0.25, 0.3) is 0 Å². The van der Waals surface area contributed by atoms with Crippen LogP contribution in [0.25, 0.3) is 11.0 Å². The van der Waals surface area contributed by atoms with E-state index in [2.05, 4.69) is 41.9 Å². The van der Waals surface area contributed by atoms with Gasteiger partial charge >= 0.3 is 0 Å². The number of nitrogens with zero attached hydrogens (tertiary/aromatic N) is 3. The van der Waals surface area contributed by atoms with Gasteiger partial charge in [-0.3, -0.25) is 9.88 Å². The predicted octanol–water partition coefficient (Wildman–Crippen LogP) is 3.15. The molecule has 7 heteroatoms. The Bertz CT molecular complexity index is 834. The molecule has 0 spiro atoms. The molecule has 3 N–H and O–H groups in total. The van der Waals surface area contributed by atoms with Gasteiger partial charge in [-0.2, -0.15) is 0 Å². The number of thiophene rings is 1. The lowest BCUT2D eigenvalue weighted by Crippen LogP contribution is -2.31. The van der Waals surface area contributed by atoms with Crippen molar-refractivity contribution in [1.29, 1.82) is 0 Å². The molecule has 0 radical (unpaired) electrons. The Morgan fingerprint density at radius 1 is 1.35 bits per heavy atom. The first kappa shape index (κ1) is 11.9. The van der Waals surface area contributed by atoms with Crippen LogP contribution < -0.4 is 11.1 Å². The van der Waals surface area contributed by atoms with E-state index in [0.29, 0.717) is 5.96 Å². The maximum atomic E-state index is 5.88. The average Bonchev–Trinajstić information content (AvgIpc) is 3.00. The number of aromatic nitrogens is 2. The number of guanidine groups is 1. The van der Waals surface area contributed by atoms with Gasteiger partial charge < -0.3 is 5.73 Å². The molecule has 0 amide bonds. The molecule has 20 heavy (non-hydrogen) atoms. The monoisotopic (exact) mass is 347 g/mol. The molecule has 1 aliphatic rings. The Labute approximate surface area is 127 Å². The number of nitrogens with one attached hydrogen (secondary N) is 1. The van der Waals surface area contributed by atoms with Crippen molar-refractivity contribution in [3.05, 3.63) is 45.1 Å². The normalized spacial score (nSPS) is 17.6. The highest BCUT2D eigenvalue weighted by Gasteiger charge is 2.25. The molecule has 1 aliphatic heterocycles. The Hall–Kier alpha value is -1.86.